The second-order valence-electron chi connectivity index (χ2n) is 6.71. The summed E-state index contributed by atoms with van der Waals surface area (Å²) in [5.41, 5.74) is 8.22. The molecular formula is C20H20FN5OS. The molecule has 4 rings (SSSR count). The summed E-state index contributed by atoms with van der Waals surface area (Å²) in [5, 5.41) is 4.98. The standard InChI is InChI=1S/C20H20FN5OS/c21-15-6-2-1-5-14(15)20-25-17(12-28-20)19(27)24-16-10-23-8-7-18(16)26-9-3-4-13(22)11-26/h1-2,5-8,10,12-13H,3-4,9,11,22H2,(H,24,27). The minimum atomic E-state index is -0.361. The Morgan fingerprint density at radius 1 is 1.32 bits per heavy atom. The Morgan fingerprint density at radius 3 is 3.00 bits per heavy atom. The van der Waals surface area contributed by atoms with Gasteiger partial charge in [-0.05, 0) is 31.0 Å². The normalized spacial score (nSPS) is 16.8. The molecular weight excluding hydrogens is 377 g/mol. The molecule has 3 aromatic rings. The third kappa shape index (κ3) is 3.88. The molecule has 1 aliphatic heterocycles. The topological polar surface area (TPSA) is 84.1 Å². The van der Waals surface area contributed by atoms with Gasteiger partial charge in [-0.1, -0.05) is 12.1 Å². The van der Waals surface area contributed by atoms with Crippen molar-refractivity contribution in [2.24, 2.45) is 5.73 Å². The van der Waals surface area contributed by atoms with E-state index in [4.69, 9.17) is 5.73 Å². The summed E-state index contributed by atoms with van der Waals surface area (Å²) in [4.78, 5) is 23.3. The number of amides is 1. The van der Waals surface area contributed by atoms with Crippen molar-refractivity contribution < 1.29 is 9.18 Å². The molecule has 3 N–H and O–H groups in total. The first-order valence-electron chi connectivity index (χ1n) is 9.08. The third-order valence-corrected chi connectivity index (χ3v) is 5.56. The summed E-state index contributed by atoms with van der Waals surface area (Å²) in [5.74, 6) is -0.714. The fourth-order valence-corrected chi connectivity index (χ4v) is 4.14. The number of piperidine rings is 1. The minimum absolute atomic E-state index is 0.118. The predicted octanol–water partition coefficient (Wildman–Crippen LogP) is 3.52. The number of nitrogens with one attached hydrogen (secondary N) is 1. The van der Waals surface area contributed by atoms with Gasteiger partial charge in [0.2, 0.25) is 0 Å². The number of pyridine rings is 1. The number of benzene rings is 1. The van der Waals surface area contributed by atoms with E-state index in [0.29, 0.717) is 16.3 Å². The number of anilines is 2. The molecule has 6 nitrogen and oxygen atoms in total. The highest BCUT2D eigenvalue weighted by molar-refractivity contribution is 7.13. The molecule has 0 bridgehead atoms. The number of carbonyl (C=O) groups excluding carboxylic acids is 1. The molecule has 1 atom stereocenters. The van der Waals surface area contributed by atoms with E-state index in [1.54, 1.807) is 36.0 Å². The quantitative estimate of drug-likeness (QED) is 0.704. The Labute approximate surface area is 166 Å². The molecule has 144 valence electrons. The van der Waals surface area contributed by atoms with Gasteiger partial charge in [-0.2, -0.15) is 0 Å². The van der Waals surface area contributed by atoms with Crippen LogP contribution in [0.15, 0.2) is 48.1 Å². The lowest BCUT2D eigenvalue weighted by Crippen LogP contribution is -2.43. The highest BCUT2D eigenvalue weighted by atomic mass is 32.1. The first kappa shape index (κ1) is 18.5. The zero-order valence-corrected chi connectivity index (χ0v) is 16.0. The Balaban J connectivity index is 1.54. The second kappa shape index (κ2) is 8.04. The van der Waals surface area contributed by atoms with E-state index in [1.807, 2.05) is 6.07 Å². The lowest BCUT2D eigenvalue weighted by atomic mass is 10.1. The number of thiazole rings is 1. The first-order valence-corrected chi connectivity index (χ1v) is 9.96. The molecule has 2 aromatic heterocycles. The van der Waals surface area contributed by atoms with Crippen LogP contribution in [0, 0.1) is 5.82 Å². The Morgan fingerprint density at radius 2 is 2.18 bits per heavy atom. The van der Waals surface area contributed by atoms with Crippen LogP contribution in [0.1, 0.15) is 23.3 Å². The van der Waals surface area contributed by atoms with Crippen LogP contribution < -0.4 is 16.0 Å². The minimum Gasteiger partial charge on any atom is -0.368 e. The molecule has 1 aliphatic rings. The van der Waals surface area contributed by atoms with Crippen molar-refractivity contribution in [1.29, 1.82) is 0 Å². The number of rotatable bonds is 4. The van der Waals surface area contributed by atoms with Gasteiger partial charge in [0.05, 0.1) is 17.6 Å². The number of halogens is 1. The molecule has 1 amide bonds. The monoisotopic (exact) mass is 397 g/mol. The van der Waals surface area contributed by atoms with E-state index in [-0.39, 0.29) is 23.5 Å². The Bertz CT molecular complexity index is 992. The number of nitrogens with two attached hydrogens (primary N) is 1. The van der Waals surface area contributed by atoms with Crippen molar-refractivity contribution >= 4 is 28.6 Å². The number of aromatic nitrogens is 2. The molecule has 1 aromatic carbocycles. The number of hydrogen-bond donors (Lipinski definition) is 2. The van der Waals surface area contributed by atoms with Crippen molar-refractivity contribution in [3.63, 3.8) is 0 Å². The summed E-state index contributed by atoms with van der Waals surface area (Å²) >= 11 is 1.23. The summed E-state index contributed by atoms with van der Waals surface area (Å²) in [6, 6.07) is 8.38. The van der Waals surface area contributed by atoms with E-state index in [0.717, 1.165) is 31.6 Å². The first-order chi connectivity index (χ1) is 13.6. The van der Waals surface area contributed by atoms with Gasteiger partial charge in [0, 0.05) is 36.3 Å². The van der Waals surface area contributed by atoms with E-state index in [2.05, 4.69) is 20.2 Å². The smallest absolute Gasteiger partial charge is 0.275 e. The SMILES string of the molecule is NC1CCCN(c2ccncc2NC(=O)c2csc(-c3ccccc3F)n2)C1. The molecule has 28 heavy (non-hydrogen) atoms. The van der Waals surface area contributed by atoms with E-state index < -0.39 is 0 Å². The van der Waals surface area contributed by atoms with Crippen molar-refractivity contribution in [1.82, 2.24) is 9.97 Å². The lowest BCUT2D eigenvalue weighted by Gasteiger charge is -2.33. The van der Waals surface area contributed by atoms with Crippen molar-refractivity contribution in [2.45, 2.75) is 18.9 Å². The molecule has 1 fully saturated rings. The lowest BCUT2D eigenvalue weighted by molar-refractivity contribution is 0.102. The largest absolute Gasteiger partial charge is 0.368 e. The average molecular weight is 397 g/mol. The molecule has 1 saturated heterocycles. The predicted molar refractivity (Wildman–Crippen MR) is 109 cm³/mol. The van der Waals surface area contributed by atoms with Gasteiger partial charge >= 0.3 is 0 Å². The summed E-state index contributed by atoms with van der Waals surface area (Å²) in [7, 11) is 0. The molecule has 3 heterocycles. The van der Waals surface area contributed by atoms with Crippen LogP contribution in [0.3, 0.4) is 0 Å². The summed E-state index contributed by atoms with van der Waals surface area (Å²) in [6.45, 7) is 1.62. The molecule has 1 unspecified atom stereocenters. The summed E-state index contributed by atoms with van der Waals surface area (Å²) in [6.07, 6.45) is 5.33. The highest BCUT2D eigenvalue weighted by Crippen LogP contribution is 2.29. The van der Waals surface area contributed by atoms with Gasteiger partial charge in [-0.25, -0.2) is 9.37 Å². The fraction of sp³-hybridized carbons (Fsp3) is 0.250. The fourth-order valence-electron chi connectivity index (χ4n) is 3.31. The van der Waals surface area contributed by atoms with Gasteiger partial charge < -0.3 is 16.0 Å². The number of carbonyl (C=O) groups is 1. The number of nitrogens with zero attached hydrogens (tertiary/aromatic N) is 3. The number of hydrogen-bond acceptors (Lipinski definition) is 6. The zero-order valence-electron chi connectivity index (χ0n) is 15.1. The van der Waals surface area contributed by atoms with Crippen molar-refractivity contribution in [2.75, 3.05) is 23.3 Å². The van der Waals surface area contributed by atoms with Gasteiger partial charge in [0.25, 0.3) is 5.91 Å². The molecule has 0 saturated carbocycles. The third-order valence-electron chi connectivity index (χ3n) is 4.69. The molecule has 0 aliphatic carbocycles. The van der Waals surface area contributed by atoms with Crippen molar-refractivity contribution in [3.8, 4) is 10.6 Å². The van der Waals surface area contributed by atoms with Gasteiger partial charge in [-0.3, -0.25) is 9.78 Å². The van der Waals surface area contributed by atoms with Crippen LogP contribution >= 0.6 is 11.3 Å². The maximum absolute atomic E-state index is 14.0. The van der Waals surface area contributed by atoms with Crippen LogP contribution in [0.5, 0.6) is 0 Å². The van der Waals surface area contributed by atoms with E-state index in [1.165, 1.54) is 17.4 Å². The maximum atomic E-state index is 14.0. The molecule has 0 spiro atoms. The van der Waals surface area contributed by atoms with Crippen LogP contribution in [0.2, 0.25) is 0 Å². The van der Waals surface area contributed by atoms with Crippen molar-refractivity contribution in [3.05, 3.63) is 59.6 Å². The van der Waals surface area contributed by atoms with E-state index >= 15 is 0 Å². The maximum Gasteiger partial charge on any atom is 0.275 e. The zero-order chi connectivity index (χ0) is 19.5. The van der Waals surface area contributed by atoms with Crippen LogP contribution in [0.4, 0.5) is 15.8 Å². The average Bonchev–Trinajstić information content (AvgIpc) is 3.19. The van der Waals surface area contributed by atoms with E-state index in [9.17, 15) is 9.18 Å². The highest BCUT2D eigenvalue weighted by Gasteiger charge is 2.21. The van der Waals surface area contributed by atoms with Crippen LogP contribution in [-0.2, 0) is 0 Å². The summed E-state index contributed by atoms with van der Waals surface area (Å²) < 4.78 is 14.0. The second-order valence-corrected chi connectivity index (χ2v) is 7.57. The van der Waals surface area contributed by atoms with Crippen LogP contribution in [0.25, 0.3) is 10.6 Å². The van der Waals surface area contributed by atoms with Gasteiger partial charge in [-0.15, -0.1) is 11.3 Å². The Hall–Kier alpha value is -2.84. The van der Waals surface area contributed by atoms with Crippen LogP contribution in [-0.4, -0.2) is 35.0 Å². The molecule has 0 radical (unpaired) electrons. The Kier molecular flexibility index (Phi) is 5.31. The molecule has 8 heteroatoms. The van der Waals surface area contributed by atoms with Gasteiger partial charge in [0.15, 0.2) is 0 Å². The van der Waals surface area contributed by atoms with Gasteiger partial charge in [0.1, 0.15) is 16.5 Å².